The zero-order valence-electron chi connectivity index (χ0n) is 10.8. The fraction of sp³-hybridized carbons (Fsp3) is 0.538. The molecule has 0 spiro atoms. The Labute approximate surface area is 107 Å². The van der Waals surface area contributed by atoms with Gasteiger partial charge in [-0.25, -0.2) is 0 Å². The van der Waals surface area contributed by atoms with Gasteiger partial charge in [0.2, 0.25) is 0 Å². The van der Waals surface area contributed by atoms with Gasteiger partial charge in [0.15, 0.2) is 6.79 Å². The predicted molar refractivity (Wildman–Crippen MR) is 67.3 cm³/mol. The Morgan fingerprint density at radius 3 is 3.06 bits per heavy atom. The number of ether oxygens (including phenoxy) is 4. The second kappa shape index (κ2) is 6.04. The largest absolute Gasteiger partial charge is 0.467 e. The van der Waals surface area contributed by atoms with E-state index in [4.69, 9.17) is 24.7 Å². The van der Waals surface area contributed by atoms with Gasteiger partial charge in [-0.05, 0) is 19.1 Å². The summed E-state index contributed by atoms with van der Waals surface area (Å²) in [6.07, 6.45) is 0.0342. The molecule has 100 valence electrons. The molecule has 5 heteroatoms. The minimum Gasteiger partial charge on any atom is -0.467 e. The summed E-state index contributed by atoms with van der Waals surface area (Å²) >= 11 is 0. The molecule has 0 aromatic heterocycles. The SMILES string of the molecule is COCC(C)OCc1cc(N)cc2c1OCOC2. The van der Waals surface area contributed by atoms with Gasteiger partial charge in [0.25, 0.3) is 0 Å². The molecular formula is C13H19NO4. The number of nitrogens with two attached hydrogens (primary N) is 1. The zero-order valence-corrected chi connectivity index (χ0v) is 10.8. The number of anilines is 1. The molecule has 5 nitrogen and oxygen atoms in total. The molecular weight excluding hydrogens is 234 g/mol. The Morgan fingerprint density at radius 2 is 2.28 bits per heavy atom. The minimum absolute atomic E-state index is 0.0342. The van der Waals surface area contributed by atoms with Crippen LogP contribution in [0.4, 0.5) is 5.69 Å². The van der Waals surface area contributed by atoms with Crippen LogP contribution in [0.3, 0.4) is 0 Å². The molecule has 0 bridgehead atoms. The number of nitrogen functional groups attached to an aromatic ring is 1. The van der Waals surface area contributed by atoms with E-state index in [1.807, 2.05) is 19.1 Å². The number of fused-ring (bicyclic) bond motifs is 1. The maximum Gasteiger partial charge on any atom is 0.189 e. The fourth-order valence-corrected chi connectivity index (χ4v) is 1.95. The molecule has 1 unspecified atom stereocenters. The molecule has 2 N–H and O–H groups in total. The van der Waals surface area contributed by atoms with Gasteiger partial charge in [-0.3, -0.25) is 0 Å². The lowest BCUT2D eigenvalue weighted by Gasteiger charge is -2.22. The molecule has 1 aliphatic rings. The number of hydrogen-bond donors (Lipinski definition) is 1. The second-order valence-electron chi connectivity index (χ2n) is 4.36. The van der Waals surface area contributed by atoms with Gasteiger partial charge in [0.05, 0.1) is 25.9 Å². The highest BCUT2D eigenvalue weighted by molar-refractivity contribution is 5.53. The molecule has 18 heavy (non-hydrogen) atoms. The van der Waals surface area contributed by atoms with Crippen LogP contribution in [0.25, 0.3) is 0 Å². The van der Waals surface area contributed by atoms with Crippen LogP contribution in [0, 0.1) is 0 Å². The summed E-state index contributed by atoms with van der Waals surface area (Å²) in [6, 6.07) is 3.75. The lowest BCUT2D eigenvalue weighted by Crippen LogP contribution is -2.17. The highest BCUT2D eigenvalue weighted by Crippen LogP contribution is 2.31. The number of methoxy groups -OCH3 is 1. The highest BCUT2D eigenvalue weighted by atomic mass is 16.7. The monoisotopic (exact) mass is 253 g/mol. The van der Waals surface area contributed by atoms with Crippen LogP contribution in [0.1, 0.15) is 18.1 Å². The first-order valence-corrected chi connectivity index (χ1v) is 5.93. The summed E-state index contributed by atoms with van der Waals surface area (Å²) < 4.78 is 21.5. The van der Waals surface area contributed by atoms with Gasteiger partial charge in [-0.1, -0.05) is 0 Å². The Bertz CT molecular complexity index is 408. The van der Waals surface area contributed by atoms with E-state index in [9.17, 15) is 0 Å². The predicted octanol–water partition coefficient (Wildman–Crippen LogP) is 1.69. The third-order valence-corrected chi connectivity index (χ3v) is 2.73. The van der Waals surface area contributed by atoms with E-state index in [0.29, 0.717) is 25.5 Å². The summed E-state index contributed by atoms with van der Waals surface area (Å²) in [6.45, 7) is 3.79. The molecule has 2 rings (SSSR count). The van der Waals surface area contributed by atoms with Crippen molar-refractivity contribution < 1.29 is 18.9 Å². The van der Waals surface area contributed by atoms with Gasteiger partial charge in [0.1, 0.15) is 5.75 Å². The van der Waals surface area contributed by atoms with Crippen molar-refractivity contribution >= 4 is 5.69 Å². The van der Waals surface area contributed by atoms with Gasteiger partial charge in [-0.2, -0.15) is 0 Å². The van der Waals surface area contributed by atoms with Crippen molar-refractivity contribution in [1.29, 1.82) is 0 Å². The third kappa shape index (κ3) is 3.13. The van der Waals surface area contributed by atoms with E-state index in [1.54, 1.807) is 7.11 Å². The van der Waals surface area contributed by atoms with E-state index < -0.39 is 0 Å². The quantitative estimate of drug-likeness (QED) is 0.809. The molecule has 1 atom stereocenters. The van der Waals surface area contributed by atoms with Crippen LogP contribution in [-0.4, -0.2) is 26.6 Å². The van der Waals surface area contributed by atoms with E-state index in [2.05, 4.69) is 0 Å². The standard InChI is InChI=1S/C13H19NO4/c1-9(5-15-2)17-7-11-4-12(14)3-10-6-16-8-18-13(10)11/h3-4,9H,5-8,14H2,1-2H3. The molecule has 0 aliphatic carbocycles. The van der Waals surface area contributed by atoms with Gasteiger partial charge in [0, 0.05) is 23.9 Å². The van der Waals surface area contributed by atoms with Crippen LogP contribution in [0.2, 0.25) is 0 Å². The van der Waals surface area contributed by atoms with E-state index >= 15 is 0 Å². The zero-order chi connectivity index (χ0) is 13.0. The van der Waals surface area contributed by atoms with Gasteiger partial charge >= 0.3 is 0 Å². The average Bonchev–Trinajstić information content (AvgIpc) is 2.36. The number of benzene rings is 1. The molecule has 0 saturated heterocycles. The number of rotatable bonds is 5. The average molecular weight is 253 g/mol. The molecule has 1 aromatic carbocycles. The molecule has 0 amide bonds. The summed E-state index contributed by atoms with van der Waals surface area (Å²) in [7, 11) is 1.66. The highest BCUT2D eigenvalue weighted by Gasteiger charge is 2.16. The number of hydrogen-bond acceptors (Lipinski definition) is 5. The van der Waals surface area contributed by atoms with Crippen molar-refractivity contribution in [2.24, 2.45) is 0 Å². The Morgan fingerprint density at radius 1 is 1.44 bits per heavy atom. The lowest BCUT2D eigenvalue weighted by atomic mass is 10.1. The molecule has 1 heterocycles. The minimum atomic E-state index is 0.0342. The van der Waals surface area contributed by atoms with Crippen molar-refractivity contribution in [2.45, 2.75) is 26.2 Å². The van der Waals surface area contributed by atoms with Crippen LogP contribution in [0.15, 0.2) is 12.1 Å². The summed E-state index contributed by atoms with van der Waals surface area (Å²) in [5.74, 6) is 0.833. The van der Waals surface area contributed by atoms with Crippen molar-refractivity contribution in [3.63, 3.8) is 0 Å². The van der Waals surface area contributed by atoms with Crippen molar-refractivity contribution in [2.75, 3.05) is 26.2 Å². The molecule has 1 aliphatic heterocycles. The van der Waals surface area contributed by atoms with E-state index in [1.165, 1.54) is 0 Å². The first-order valence-electron chi connectivity index (χ1n) is 5.93. The van der Waals surface area contributed by atoms with E-state index in [0.717, 1.165) is 16.9 Å². The summed E-state index contributed by atoms with van der Waals surface area (Å²) in [5, 5.41) is 0. The molecule has 0 radical (unpaired) electrons. The first-order chi connectivity index (χ1) is 8.70. The molecule has 0 saturated carbocycles. The Kier molecular flexibility index (Phi) is 4.41. The van der Waals surface area contributed by atoms with Gasteiger partial charge in [-0.15, -0.1) is 0 Å². The van der Waals surface area contributed by atoms with Crippen molar-refractivity contribution in [3.8, 4) is 5.75 Å². The van der Waals surface area contributed by atoms with Gasteiger partial charge < -0.3 is 24.7 Å². The fourth-order valence-electron chi connectivity index (χ4n) is 1.95. The summed E-state index contributed by atoms with van der Waals surface area (Å²) in [5.41, 5.74) is 8.48. The Hall–Kier alpha value is -1.30. The van der Waals surface area contributed by atoms with E-state index in [-0.39, 0.29) is 12.9 Å². The lowest BCUT2D eigenvalue weighted by molar-refractivity contribution is -0.0231. The van der Waals surface area contributed by atoms with Crippen molar-refractivity contribution in [3.05, 3.63) is 23.3 Å². The topological polar surface area (TPSA) is 62.9 Å². The smallest absolute Gasteiger partial charge is 0.189 e. The van der Waals surface area contributed by atoms with Crippen LogP contribution in [-0.2, 0) is 27.4 Å². The van der Waals surface area contributed by atoms with Crippen LogP contribution < -0.4 is 10.5 Å². The molecule has 1 aromatic rings. The summed E-state index contributed by atoms with van der Waals surface area (Å²) in [4.78, 5) is 0. The third-order valence-electron chi connectivity index (χ3n) is 2.73. The van der Waals surface area contributed by atoms with Crippen LogP contribution >= 0.6 is 0 Å². The maximum atomic E-state index is 5.86. The van der Waals surface area contributed by atoms with Crippen molar-refractivity contribution in [1.82, 2.24) is 0 Å². The van der Waals surface area contributed by atoms with Crippen LogP contribution in [0.5, 0.6) is 5.75 Å². The Balaban J connectivity index is 2.09. The second-order valence-corrected chi connectivity index (χ2v) is 4.36. The molecule has 0 fully saturated rings. The maximum absolute atomic E-state index is 5.86. The normalized spacial score (nSPS) is 15.9. The first kappa shape index (κ1) is 13.1.